The lowest BCUT2D eigenvalue weighted by Gasteiger charge is -2.35. The van der Waals surface area contributed by atoms with Crippen molar-refractivity contribution in [3.63, 3.8) is 0 Å². The number of rotatable bonds is 3. The fraction of sp³-hybridized carbons (Fsp3) is 0.455. The molecule has 154 valence electrons. The smallest absolute Gasteiger partial charge is 0.274 e. The highest BCUT2D eigenvalue weighted by atomic mass is 16.2. The summed E-state index contributed by atoms with van der Waals surface area (Å²) in [7, 11) is 0. The largest absolute Gasteiger partial charge is 0.353 e. The summed E-state index contributed by atoms with van der Waals surface area (Å²) in [5.74, 6) is 1.09. The Balaban J connectivity index is 1.72. The molecule has 7 heteroatoms. The number of hydrogen-bond donors (Lipinski definition) is 1. The lowest BCUT2D eigenvalue weighted by molar-refractivity contribution is -0.129. The summed E-state index contributed by atoms with van der Waals surface area (Å²) in [6.45, 7) is 12.5. The van der Waals surface area contributed by atoms with E-state index in [1.165, 1.54) is 5.56 Å². The van der Waals surface area contributed by atoms with Gasteiger partial charge in [-0.25, -0.2) is 9.97 Å². The molecule has 1 N–H and O–H groups in total. The molecule has 0 bridgehead atoms. The molecule has 0 saturated carbocycles. The molecule has 3 rings (SSSR count). The van der Waals surface area contributed by atoms with Crippen LogP contribution in [-0.2, 0) is 10.2 Å². The van der Waals surface area contributed by atoms with Gasteiger partial charge in [-0.2, -0.15) is 0 Å². The summed E-state index contributed by atoms with van der Waals surface area (Å²) < 4.78 is 0. The lowest BCUT2D eigenvalue weighted by atomic mass is 9.87. The molecule has 1 aromatic carbocycles. The lowest BCUT2D eigenvalue weighted by Crippen LogP contribution is -2.48. The highest BCUT2D eigenvalue weighted by molar-refractivity contribution is 6.03. The average molecular weight is 396 g/mol. The van der Waals surface area contributed by atoms with Gasteiger partial charge in [-0.15, -0.1) is 0 Å². The number of carbonyl (C=O) groups excluding carboxylic acids is 2. The van der Waals surface area contributed by atoms with Gasteiger partial charge >= 0.3 is 0 Å². The maximum atomic E-state index is 12.8. The van der Waals surface area contributed by atoms with Gasteiger partial charge in [-0.1, -0.05) is 32.9 Å². The number of amides is 2. The summed E-state index contributed by atoms with van der Waals surface area (Å²) in [6.07, 6.45) is 0. The first-order valence-corrected chi connectivity index (χ1v) is 9.91. The summed E-state index contributed by atoms with van der Waals surface area (Å²) in [6, 6.07) is 9.60. The molecule has 0 spiro atoms. The van der Waals surface area contributed by atoms with Crippen LogP contribution in [0.2, 0.25) is 0 Å². The number of carbonyl (C=O) groups is 2. The molecule has 0 atom stereocenters. The monoisotopic (exact) mass is 395 g/mol. The third kappa shape index (κ3) is 5.10. The summed E-state index contributed by atoms with van der Waals surface area (Å²) in [4.78, 5) is 37.0. The van der Waals surface area contributed by atoms with Crippen molar-refractivity contribution in [1.29, 1.82) is 0 Å². The van der Waals surface area contributed by atoms with Crippen LogP contribution in [0.5, 0.6) is 0 Å². The zero-order valence-corrected chi connectivity index (χ0v) is 17.8. The number of aryl methyl sites for hydroxylation is 1. The second-order valence-electron chi connectivity index (χ2n) is 8.43. The van der Waals surface area contributed by atoms with Crippen LogP contribution in [-0.4, -0.2) is 52.9 Å². The van der Waals surface area contributed by atoms with Gasteiger partial charge in [0.2, 0.25) is 5.91 Å². The number of anilines is 2. The van der Waals surface area contributed by atoms with Gasteiger partial charge in [0.15, 0.2) is 0 Å². The van der Waals surface area contributed by atoms with Gasteiger partial charge in [0.25, 0.3) is 5.91 Å². The SMILES string of the molecule is CC(=O)N1CCN(c2cc(C(=O)Nc3ccc(C(C)(C)C)cc3)nc(C)n2)CC1. The zero-order valence-electron chi connectivity index (χ0n) is 17.8. The van der Waals surface area contributed by atoms with Crippen LogP contribution < -0.4 is 10.2 Å². The molecule has 0 aliphatic carbocycles. The van der Waals surface area contributed by atoms with Crippen molar-refractivity contribution < 1.29 is 9.59 Å². The van der Waals surface area contributed by atoms with E-state index in [1.807, 2.05) is 29.2 Å². The molecular formula is C22H29N5O2. The van der Waals surface area contributed by atoms with Crippen molar-refractivity contribution in [3.8, 4) is 0 Å². The van der Waals surface area contributed by atoms with Crippen LogP contribution in [0.4, 0.5) is 11.5 Å². The zero-order chi connectivity index (χ0) is 21.2. The van der Waals surface area contributed by atoms with Crippen LogP contribution in [0.15, 0.2) is 30.3 Å². The maximum Gasteiger partial charge on any atom is 0.274 e. The molecule has 0 radical (unpaired) electrons. The fourth-order valence-corrected chi connectivity index (χ4v) is 3.33. The highest BCUT2D eigenvalue weighted by Crippen LogP contribution is 2.24. The maximum absolute atomic E-state index is 12.8. The Morgan fingerprint density at radius 2 is 1.62 bits per heavy atom. The molecule has 7 nitrogen and oxygen atoms in total. The van der Waals surface area contributed by atoms with Crippen molar-refractivity contribution in [2.75, 3.05) is 36.4 Å². The molecule has 1 aliphatic heterocycles. The van der Waals surface area contributed by atoms with Gasteiger partial charge in [0.1, 0.15) is 17.3 Å². The Morgan fingerprint density at radius 1 is 1.00 bits per heavy atom. The van der Waals surface area contributed by atoms with Gasteiger partial charge < -0.3 is 15.1 Å². The molecule has 1 aromatic heterocycles. The molecule has 2 amide bonds. The molecule has 2 aromatic rings. The summed E-state index contributed by atoms with van der Waals surface area (Å²) in [5, 5.41) is 2.92. The Morgan fingerprint density at radius 3 is 2.17 bits per heavy atom. The second kappa shape index (κ2) is 8.19. The van der Waals surface area contributed by atoms with Gasteiger partial charge in [0.05, 0.1) is 0 Å². The van der Waals surface area contributed by atoms with E-state index in [1.54, 1.807) is 19.9 Å². The number of aromatic nitrogens is 2. The Kier molecular flexibility index (Phi) is 5.86. The van der Waals surface area contributed by atoms with Crippen LogP contribution in [0, 0.1) is 6.92 Å². The number of benzene rings is 1. The topological polar surface area (TPSA) is 78.4 Å². The molecule has 2 heterocycles. The van der Waals surface area contributed by atoms with Crippen LogP contribution in [0.3, 0.4) is 0 Å². The predicted molar refractivity (Wildman–Crippen MR) is 114 cm³/mol. The van der Waals surface area contributed by atoms with E-state index >= 15 is 0 Å². The number of hydrogen-bond acceptors (Lipinski definition) is 5. The van der Waals surface area contributed by atoms with Gasteiger partial charge in [-0.05, 0) is 30.0 Å². The first kappa shape index (κ1) is 20.8. The number of nitrogens with one attached hydrogen (secondary N) is 1. The predicted octanol–water partition coefficient (Wildman–Crippen LogP) is 3.00. The van der Waals surface area contributed by atoms with Crippen LogP contribution in [0.25, 0.3) is 0 Å². The Hall–Kier alpha value is -2.96. The third-order valence-corrected chi connectivity index (χ3v) is 5.11. The Labute approximate surface area is 172 Å². The van der Waals surface area contributed by atoms with Crippen LogP contribution in [0.1, 0.15) is 49.6 Å². The van der Waals surface area contributed by atoms with Crippen molar-refractivity contribution in [3.05, 3.63) is 47.4 Å². The second-order valence-corrected chi connectivity index (χ2v) is 8.43. The van der Waals surface area contributed by atoms with E-state index in [4.69, 9.17) is 0 Å². The van der Waals surface area contributed by atoms with E-state index in [9.17, 15) is 9.59 Å². The van der Waals surface area contributed by atoms with Crippen LogP contribution >= 0.6 is 0 Å². The summed E-state index contributed by atoms with van der Waals surface area (Å²) >= 11 is 0. The van der Waals surface area contributed by atoms with Crippen molar-refractivity contribution in [2.24, 2.45) is 0 Å². The third-order valence-electron chi connectivity index (χ3n) is 5.11. The van der Waals surface area contributed by atoms with E-state index in [0.29, 0.717) is 43.5 Å². The Bertz CT molecular complexity index is 894. The van der Waals surface area contributed by atoms with Gasteiger partial charge in [0, 0.05) is 44.9 Å². The minimum absolute atomic E-state index is 0.0631. The molecule has 1 aliphatic rings. The van der Waals surface area contributed by atoms with E-state index in [0.717, 1.165) is 5.69 Å². The minimum Gasteiger partial charge on any atom is -0.353 e. The molecule has 0 unspecified atom stereocenters. The first-order valence-electron chi connectivity index (χ1n) is 9.91. The first-order chi connectivity index (χ1) is 13.6. The van der Waals surface area contributed by atoms with Gasteiger partial charge in [-0.3, -0.25) is 9.59 Å². The molecular weight excluding hydrogens is 366 g/mol. The van der Waals surface area contributed by atoms with Crippen molar-refractivity contribution in [2.45, 2.75) is 40.0 Å². The quantitative estimate of drug-likeness (QED) is 0.864. The minimum atomic E-state index is -0.261. The number of piperazine rings is 1. The van der Waals surface area contributed by atoms with Crippen molar-refractivity contribution >= 4 is 23.3 Å². The molecule has 1 fully saturated rings. The highest BCUT2D eigenvalue weighted by Gasteiger charge is 2.21. The molecule has 1 saturated heterocycles. The molecule has 29 heavy (non-hydrogen) atoms. The van der Waals surface area contributed by atoms with E-state index in [-0.39, 0.29) is 17.2 Å². The van der Waals surface area contributed by atoms with Crippen molar-refractivity contribution in [1.82, 2.24) is 14.9 Å². The standard InChI is InChI=1S/C22H29N5O2/c1-15-23-19(14-20(24-15)27-12-10-26(11-13-27)16(2)28)21(29)25-18-8-6-17(7-9-18)22(3,4)5/h6-9,14H,10-13H2,1-5H3,(H,25,29). The van der Waals surface area contributed by atoms with E-state index < -0.39 is 0 Å². The average Bonchev–Trinajstić information content (AvgIpc) is 2.67. The van der Waals surface area contributed by atoms with E-state index in [2.05, 4.69) is 41.0 Å². The summed E-state index contributed by atoms with van der Waals surface area (Å²) in [5.41, 5.74) is 2.34. The fourth-order valence-electron chi connectivity index (χ4n) is 3.33. The normalized spacial score (nSPS) is 14.7. The number of nitrogens with zero attached hydrogens (tertiary/aromatic N) is 4.